The third-order valence-electron chi connectivity index (χ3n) is 2.77. The van der Waals surface area contributed by atoms with Crippen molar-refractivity contribution in [1.82, 2.24) is 0 Å². The van der Waals surface area contributed by atoms with Gasteiger partial charge in [-0.3, -0.25) is 15.5 Å². The van der Waals surface area contributed by atoms with Gasteiger partial charge in [0.1, 0.15) is 5.69 Å². The second kappa shape index (κ2) is 6.77. The normalized spacial score (nSPS) is 10.6. The van der Waals surface area contributed by atoms with Crippen molar-refractivity contribution in [2.75, 3.05) is 12.5 Å². The Bertz CT molecular complexity index is 734. The molecule has 2 N–H and O–H groups in total. The molecule has 0 saturated carbocycles. The Morgan fingerprint density at radius 1 is 1.41 bits per heavy atom. The van der Waals surface area contributed by atoms with E-state index in [1.54, 1.807) is 18.2 Å². The molecule has 2 aromatic rings. The molecule has 0 spiro atoms. The zero-order valence-electron chi connectivity index (χ0n) is 11.5. The summed E-state index contributed by atoms with van der Waals surface area (Å²) in [5.41, 5.74) is 3.34. The van der Waals surface area contributed by atoms with Crippen molar-refractivity contribution < 1.29 is 14.8 Å². The lowest BCUT2D eigenvalue weighted by Gasteiger charge is -2.06. The number of hydrazone groups is 1. The van der Waals surface area contributed by atoms with Crippen LogP contribution >= 0.6 is 11.6 Å². The minimum Gasteiger partial charge on any atom is -0.503 e. The summed E-state index contributed by atoms with van der Waals surface area (Å²) in [5.74, 6) is 0.0487. The van der Waals surface area contributed by atoms with Gasteiger partial charge in [-0.2, -0.15) is 5.10 Å². The molecule has 2 aromatic carbocycles. The molecule has 0 aliphatic carbocycles. The lowest BCUT2D eigenvalue weighted by Crippen LogP contribution is -1.96. The molecule has 0 atom stereocenters. The average molecular weight is 322 g/mol. The number of phenolic OH excluding ortho intramolecular Hbond substituents is 1. The molecule has 0 heterocycles. The van der Waals surface area contributed by atoms with E-state index in [4.69, 9.17) is 16.3 Å². The first-order valence-corrected chi connectivity index (χ1v) is 6.49. The van der Waals surface area contributed by atoms with Gasteiger partial charge in [0.2, 0.25) is 0 Å². The number of hydrogen-bond acceptors (Lipinski definition) is 6. The van der Waals surface area contributed by atoms with Crippen molar-refractivity contribution in [2.24, 2.45) is 5.10 Å². The first kappa shape index (κ1) is 15.6. The van der Waals surface area contributed by atoms with Crippen LogP contribution in [0.5, 0.6) is 11.5 Å². The van der Waals surface area contributed by atoms with Gasteiger partial charge in [0, 0.05) is 6.07 Å². The number of nitrogens with one attached hydrogen (secondary N) is 1. The standard InChI is InChI=1S/C14H12ClN3O4/c1-22-13-7-9(6-10(15)14(13)19)8-16-17-11-4-2-3-5-12(11)18(20)21/h2-8,17,19H,1H3/b16-8+. The van der Waals surface area contributed by atoms with E-state index in [-0.39, 0.29) is 27.9 Å². The number of rotatable bonds is 5. The summed E-state index contributed by atoms with van der Waals surface area (Å²) < 4.78 is 4.98. The second-order valence-corrected chi connectivity index (χ2v) is 4.61. The van der Waals surface area contributed by atoms with Crippen molar-refractivity contribution in [3.63, 3.8) is 0 Å². The minimum absolute atomic E-state index is 0.0824. The van der Waals surface area contributed by atoms with E-state index in [0.29, 0.717) is 5.56 Å². The van der Waals surface area contributed by atoms with Crippen LogP contribution in [-0.4, -0.2) is 23.4 Å². The minimum atomic E-state index is -0.502. The van der Waals surface area contributed by atoms with Gasteiger partial charge >= 0.3 is 0 Å². The molecule has 0 amide bonds. The van der Waals surface area contributed by atoms with Crippen LogP contribution in [0.4, 0.5) is 11.4 Å². The van der Waals surface area contributed by atoms with Gasteiger partial charge in [-0.25, -0.2) is 0 Å². The molecular formula is C14H12ClN3O4. The number of nitrogens with zero attached hydrogens (tertiary/aromatic N) is 2. The van der Waals surface area contributed by atoms with Crippen molar-refractivity contribution in [2.45, 2.75) is 0 Å². The summed E-state index contributed by atoms with van der Waals surface area (Å²) in [6.45, 7) is 0. The van der Waals surface area contributed by atoms with Gasteiger partial charge in [-0.1, -0.05) is 23.7 Å². The van der Waals surface area contributed by atoms with E-state index >= 15 is 0 Å². The van der Waals surface area contributed by atoms with E-state index in [1.165, 1.54) is 31.5 Å². The Balaban J connectivity index is 2.20. The predicted octanol–water partition coefficient (Wildman–Crippen LogP) is 3.41. The molecule has 0 aliphatic rings. The molecule has 0 fully saturated rings. The molecule has 8 heteroatoms. The monoisotopic (exact) mass is 321 g/mol. The Labute approximate surface area is 130 Å². The van der Waals surface area contributed by atoms with E-state index in [9.17, 15) is 15.2 Å². The van der Waals surface area contributed by atoms with E-state index in [0.717, 1.165) is 0 Å². The van der Waals surface area contributed by atoms with Crippen LogP contribution in [0.3, 0.4) is 0 Å². The highest BCUT2D eigenvalue weighted by atomic mass is 35.5. The fourth-order valence-corrected chi connectivity index (χ4v) is 1.95. The molecule has 0 unspecified atom stereocenters. The van der Waals surface area contributed by atoms with Crippen molar-refractivity contribution >= 4 is 29.2 Å². The van der Waals surface area contributed by atoms with Crippen LogP contribution in [-0.2, 0) is 0 Å². The molecule has 22 heavy (non-hydrogen) atoms. The maximum atomic E-state index is 10.9. The van der Waals surface area contributed by atoms with Gasteiger partial charge in [0.15, 0.2) is 11.5 Å². The Kier molecular flexibility index (Phi) is 4.80. The number of nitro benzene ring substituents is 1. The van der Waals surface area contributed by atoms with Crippen LogP contribution in [0.15, 0.2) is 41.5 Å². The van der Waals surface area contributed by atoms with E-state index in [1.807, 2.05) is 0 Å². The summed E-state index contributed by atoms with van der Waals surface area (Å²) in [6.07, 6.45) is 1.41. The lowest BCUT2D eigenvalue weighted by molar-refractivity contribution is -0.384. The number of hydrogen-bond donors (Lipinski definition) is 2. The van der Waals surface area contributed by atoms with E-state index in [2.05, 4.69) is 10.5 Å². The van der Waals surface area contributed by atoms with Crippen molar-refractivity contribution in [3.05, 3.63) is 57.1 Å². The number of ether oxygens (including phenoxy) is 1. The molecular weight excluding hydrogens is 310 g/mol. The smallest absolute Gasteiger partial charge is 0.294 e. The number of phenols is 1. The molecule has 2 rings (SSSR count). The number of methoxy groups -OCH3 is 1. The Morgan fingerprint density at radius 3 is 2.82 bits per heavy atom. The molecule has 114 valence electrons. The Hall–Kier alpha value is -2.80. The van der Waals surface area contributed by atoms with Gasteiger partial charge in [0.05, 0.1) is 23.3 Å². The quantitative estimate of drug-likeness (QED) is 0.499. The lowest BCUT2D eigenvalue weighted by atomic mass is 10.2. The van der Waals surface area contributed by atoms with Gasteiger partial charge in [-0.15, -0.1) is 0 Å². The number of para-hydroxylation sites is 2. The van der Waals surface area contributed by atoms with Crippen LogP contribution in [0.25, 0.3) is 0 Å². The number of aromatic hydroxyl groups is 1. The van der Waals surface area contributed by atoms with Crippen LogP contribution < -0.4 is 10.2 Å². The third kappa shape index (κ3) is 3.44. The maximum absolute atomic E-state index is 10.9. The van der Waals surface area contributed by atoms with Crippen LogP contribution in [0.2, 0.25) is 5.02 Å². The summed E-state index contributed by atoms with van der Waals surface area (Å²) in [6, 6.07) is 9.16. The molecule has 0 saturated heterocycles. The molecule has 0 radical (unpaired) electrons. The average Bonchev–Trinajstić information content (AvgIpc) is 2.51. The van der Waals surface area contributed by atoms with E-state index < -0.39 is 4.92 Å². The summed E-state index contributed by atoms with van der Waals surface area (Å²) in [7, 11) is 1.40. The highest BCUT2D eigenvalue weighted by Crippen LogP contribution is 2.34. The SMILES string of the molecule is COc1cc(/C=N/Nc2ccccc2[N+](=O)[O-])cc(Cl)c1O. The summed E-state index contributed by atoms with van der Waals surface area (Å²) in [5, 5.41) is 24.5. The third-order valence-corrected chi connectivity index (χ3v) is 3.06. The summed E-state index contributed by atoms with van der Waals surface area (Å²) >= 11 is 5.86. The number of halogens is 1. The molecule has 7 nitrogen and oxygen atoms in total. The highest BCUT2D eigenvalue weighted by Gasteiger charge is 2.11. The van der Waals surface area contributed by atoms with Gasteiger partial charge in [-0.05, 0) is 23.8 Å². The number of nitro groups is 1. The summed E-state index contributed by atoms with van der Waals surface area (Å²) in [4.78, 5) is 10.4. The topological polar surface area (TPSA) is 97.0 Å². The number of benzene rings is 2. The van der Waals surface area contributed by atoms with Crippen LogP contribution in [0, 0.1) is 10.1 Å². The fourth-order valence-electron chi connectivity index (χ4n) is 1.73. The largest absolute Gasteiger partial charge is 0.503 e. The first-order valence-electron chi connectivity index (χ1n) is 6.12. The zero-order chi connectivity index (χ0) is 16.1. The van der Waals surface area contributed by atoms with Gasteiger partial charge in [0.25, 0.3) is 5.69 Å². The van der Waals surface area contributed by atoms with Crippen LogP contribution in [0.1, 0.15) is 5.56 Å². The van der Waals surface area contributed by atoms with Crippen molar-refractivity contribution in [3.8, 4) is 11.5 Å². The van der Waals surface area contributed by atoms with Gasteiger partial charge < -0.3 is 9.84 Å². The second-order valence-electron chi connectivity index (χ2n) is 4.20. The maximum Gasteiger partial charge on any atom is 0.294 e. The fraction of sp³-hybridized carbons (Fsp3) is 0.0714. The number of anilines is 1. The predicted molar refractivity (Wildman–Crippen MR) is 84.0 cm³/mol. The molecule has 0 aliphatic heterocycles. The Morgan fingerprint density at radius 2 is 2.14 bits per heavy atom. The molecule has 0 aromatic heterocycles. The van der Waals surface area contributed by atoms with Crippen molar-refractivity contribution in [1.29, 1.82) is 0 Å². The molecule has 0 bridgehead atoms. The zero-order valence-corrected chi connectivity index (χ0v) is 12.2. The highest BCUT2D eigenvalue weighted by molar-refractivity contribution is 6.32. The first-order chi connectivity index (χ1) is 10.5.